The Morgan fingerprint density at radius 2 is 1.89 bits per heavy atom. The molecule has 0 fully saturated rings. The lowest BCUT2D eigenvalue weighted by molar-refractivity contribution is -0.146. The van der Waals surface area contributed by atoms with Gasteiger partial charge in [-0.1, -0.05) is 28.1 Å². The third kappa shape index (κ3) is 4.95. The van der Waals surface area contributed by atoms with Gasteiger partial charge in [0.1, 0.15) is 11.6 Å². The number of halogens is 1. The van der Waals surface area contributed by atoms with Crippen molar-refractivity contribution in [1.82, 2.24) is 9.55 Å². The highest BCUT2D eigenvalue weighted by Gasteiger charge is 2.08. The summed E-state index contributed by atoms with van der Waals surface area (Å²) in [5.41, 5.74) is 0.607. The van der Waals surface area contributed by atoms with E-state index in [0.29, 0.717) is 35.4 Å². The Labute approximate surface area is 164 Å². The molecule has 0 amide bonds. The molecule has 3 aromatic rings. The van der Waals surface area contributed by atoms with Gasteiger partial charge in [0.05, 0.1) is 17.5 Å². The van der Waals surface area contributed by atoms with Crippen molar-refractivity contribution in [3.05, 3.63) is 69.2 Å². The van der Waals surface area contributed by atoms with E-state index in [1.165, 1.54) is 0 Å². The van der Waals surface area contributed by atoms with Crippen LogP contribution in [-0.2, 0) is 16.1 Å². The van der Waals surface area contributed by atoms with Crippen molar-refractivity contribution < 1.29 is 14.3 Å². The molecular weight excluding hydrogens is 412 g/mol. The Hall–Kier alpha value is -2.67. The van der Waals surface area contributed by atoms with Crippen LogP contribution in [0.2, 0.25) is 0 Å². The smallest absolute Gasteiger partial charge is 0.344 e. The summed E-state index contributed by atoms with van der Waals surface area (Å²) in [7, 11) is 0. The number of hydrogen-bond acceptors (Lipinski definition) is 5. The zero-order chi connectivity index (χ0) is 19.2. The summed E-state index contributed by atoms with van der Waals surface area (Å²) < 4.78 is 13.1. The van der Waals surface area contributed by atoms with Crippen LogP contribution in [0.15, 0.2) is 57.8 Å². The molecule has 7 heteroatoms. The predicted molar refractivity (Wildman–Crippen MR) is 106 cm³/mol. The molecule has 0 spiro atoms. The van der Waals surface area contributed by atoms with Gasteiger partial charge in [-0.05, 0) is 49.7 Å². The Balaban J connectivity index is 1.48. The quantitative estimate of drug-likeness (QED) is 0.423. The minimum Gasteiger partial charge on any atom is -0.482 e. The minimum absolute atomic E-state index is 0.0806. The molecule has 0 saturated carbocycles. The molecule has 0 unspecified atom stereocenters. The molecule has 0 bridgehead atoms. The van der Waals surface area contributed by atoms with Gasteiger partial charge in [-0.3, -0.25) is 9.36 Å². The van der Waals surface area contributed by atoms with E-state index in [4.69, 9.17) is 9.47 Å². The van der Waals surface area contributed by atoms with Gasteiger partial charge >= 0.3 is 5.97 Å². The maximum Gasteiger partial charge on any atom is 0.344 e. The lowest BCUT2D eigenvalue weighted by Crippen LogP contribution is -2.25. The molecule has 0 aliphatic heterocycles. The van der Waals surface area contributed by atoms with Crippen LogP contribution in [0.5, 0.6) is 5.75 Å². The number of esters is 1. The van der Waals surface area contributed by atoms with Gasteiger partial charge in [0.15, 0.2) is 6.61 Å². The number of aromatic nitrogens is 2. The minimum atomic E-state index is -0.446. The van der Waals surface area contributed by atoms with E-state index < -0.39 is 5.97 Å². The second-order valence-corrected chi connectivity index (χ2v) is 6.87. The molecule has 0 atom stereocenters. The fourth-order valence-electron chi connectivity index (χ4n) is 2.67. The monoisotopic (exact) mass is 430 g/mol. The first kappa shape index (κ1) is 19.1. The fourth-order valence-corrected chi connectivity index (χ4v) is 2.93. The highest BCUT2D eigenvalue weighted by molar-refractivity contribution is 9.10. The van der Waals surface area contributed by atoms with Gasteiger partial charge in [-0.25, -0.2) is 9.78 Å². The topological polar surface area (TPSA) is 70.4 Å². The van der Waals surface area contributed by atoms with Gasteiger partial charge in [-0.15, -0.1) is 0 Å². The van der Waals surface area contributed by atoms with Crippen molar-refractivity contribution in [3.63, 3.8) is 0 Å². The molecule has 0 aliphatic carbocycles. The lowest BCUT2D eigenvalue weighted by atomic mass is 10.2. The first-order valence-corrected chi connectivity index (χ1v) is 9.34. The molecule has 27 heavy (non-hydrogen) atoms. The summed E-state index contributed by atoms with van der Waals surface area (Å²) in [6, 6.07) is 14.4. The molecular formula is C20H19BrN2O4. The number of carbonyl (C=O) groups is 1. The number of carbonyl (C=O) groups excluding carboxylic acids is 1. The Bertz CT molecular complexity index is 999. The van der Waals surface area contributed by atoms with Crippen LogP contribution in [0, 0.1) is 6.92 Å². The van der Waals surface area contributed by atoms with E-state index in [2.05, 4.69) is 20.9 Å². The zero-order valence-corrected chi connectivity index (χ0v) is 16.4. The Morgan fingerprint density at radius 3 is 2.67 bits per heavy atom. The van der Waals surface area contributed by atoms with Crippen LogP contribution < -0.4 is 10.3 Å². The van der Waals surface area contributed by atoms with Crippen LogP contribution in [-0.4, -0.2) is 28.7 Å². The summed E-state index contributed by atoms with van der Waals surface area (Å²) in [5.74, 6) is 0.793. The predicted octanol–water partition coefficient (Wildman–Crippen LogP) is 3.48. The summed E-state index contributed by atoms with van der Waals surface area (Å²) in [6.07, 6.45) is 0.519. The number of aryl methyl sites for hydroxylation is 1. The van der Waals surface area contributed by atoms with E-state index >= 15 is 0 Å². The summed E-state index contributed by atoms with van der Waals surface area (Å²) in [4.78, 5) is 28.8. The molecule has 1 heterocycles. The molecule has 140 valence electrons. The number of para-hydroxylation sites is 1. The molecule has 0 N–H and O–H groups in total. The first-order chi connectivity index (χ1) is 13.0. The Kier molecular flexibility index (Phi) is 6.24. The standard InChI is InChI=1S/C20H19BrN2O4/c1-14-22-18-6-3-2-5-17(18)20(25)23(14)11-4-12-26-19(24)13-27-16-9-7-15(21)8-10-16/h2-3,5-10H,4,11-13H2,1H3. The van der Waals surface area contributed by atoms with Gasteiger partial charge in [-0.2, -0.15) is 0 Å². The maximum absolute atomic E-state index is 12.6. The van der Waals surface area contributed by atoms with Crippen LogP contribution in [0.1, 0.15) is 12.2 Å². The maximum atomic E-state index is 12.6. The number of benzene rings is 2. The van der Waals surface area contributed by atoms with E-state index in [9.17, 15) is 9.59 Å². The van der Waals surface area contributed by atoms with Gasteiger partial charge in [0.2, 0.25) is 0 Å². The molecule has 0 saturated heterocycles. The Morgan fingerprint density at radius 1 is 1.15 bits per heavy atom. The first-order valence-electron chi connectivity index (χ1n) is 8.55. The number of hydrogen-bond donors (Lipinski definition) is 0. The van der Waals surface area contributed by atoms with Crippen LogP contribution >= 0.6 is 15.9 Å². The number of nitrogens with zero attached hydrogens (tertiary/aromatic N) is 2. The van der Waals surface area contributed by atoms with Crippen LogP contribution in [0.3, 0.4) is 0 Å². The van der Waals surface area contributed by atoms with Crippen molar-refractivity contribution in [2.75, 3.05) is 13.2 Å². The molecule has 0 radical (unpaired) electrons. The summed E-state index contributed by atoms with van der Waals surface area (Å²) in [5, 5.41) is 0.586. The third-order valence-corrected chi connectivity index (χ3v) is 4.54. The second-order valence-electron chi connectivity index (χ2n) is 5.95. The van der Waals surface area contributed by atoms with Gasteiger partial charge < -0.3 is 9.47 Å². The van der Waals surface area contributed by atoms with E-state index in [0.717, 1.165) is 4.47 Å². The summed E-state index contributed by atoms with van der Waals surface area (Å²) in [6.45, 7) is 2.29. The van der Waals surface area contributed by atoms with Crippen molar-refractivity contribution in [1.29, 1.82) is 0 Å². The SMILES string of the molecule is Cc1nc2ccccc2c(=O)n1CCCOC(=O)COc1ccc(Br)cc1. The number of ether oxygens (including phenoxy) is 2. The highest BCUT2D eigenvalue weighted by Crippen LogP contribution is 2.16. The third-order valence-electron chi connectivity index (χ3n) is 4.01. The highest BCUT2D eigenvalue weighted by atomic mass is 79.9. The normalized spacial score (nSPS) is 10.7. The zero-order valence-electron chi connectivity index (χ0n) is 14.9. The molecule has 3 rings (SSSR count). The van der Waals surface area contributed by atoms with Crippen molar-refractivity contribution in [2.24, 2.45) is 0 Å². The molecule has 6 nitrogen and oxygen atoms in total. The average molecular weight is 431 g/mol. The van der Waals surface area contributed by atoms with Crippen molar-refractivity contribution >= 4 is 32.8 Å². The van der Waals surface area contributed by atoms with Crippen LogP contribution in [0.25, 0.3) is 10.9 Å². The van der Waals surface area contributed by atoms with Gasteiger partial charge in [0, 0.05) is 11.0 Å². The van der Waals surface area contributed by atoms with E-state index in [-0.39, 0.29) is 18.8 Å². The second kappa shape index (κ2) is 8.81. The number of rotatable bonds is 7. The van der Waals surface area contributed by atoms with Crippen LogP contribution in [0.4, 0.5) is 0 Å². The van der Waals surface area contributed by atoms with Crippen molar-refractivity contribution in [2.45, 2.75) is 19.9 Å². The summed E-state index contributed by atoms with van der Waals surface area (Å²) >= 11 is 3.33. The van der Waals surface area contributed by atoms with E-state index in [1.54, 1.807) is 29.7 Å². The number of fused-ring (bicyclic) bond motifs is 1. The van der Waals surface area contributed by atoms with E-state index in [1.807, 2.05) is 30.3 Å². The largest absolute Gasteiger partial charge is 0.482 e. The van der Waals surface area contributed by atoms with Gasteiger partial charge in [0.25, 0.3) is 5.56 Å². The fraction of sp³-hybridized carbons (Fsp3) is 0.250. The molecule has 1 aromatic heterocycles. The van der Waals surface area contributed by atoms with Crippen molar-refractivity contribution in [3.8, 4) is 5.75 Å². The lowest BCUT2D eigenvalue weighted by Gasteiger charge is -2.11. The molecule has 0 aliphatic rings. The average Bonchev–Trinajstić information content (AvgIpc) is 2.67. The molecule has 2 aromatic carbocycles.